The normalized spacial score (nSPS) is 11.4. The summed E-state index contributed by atoms with van der Waals surface area (Å²) in [5.41, 5.74) is 0.942. The van der Waals surface area contributed by atoms with E-state index in [1.54, 1.807) is 12.1 Å². The van der Waals surface area contributed by atoms with Crippen LogP contribution in [0.3, 0.4) is 0 Å². The van der Waals surface area contributed by atoms with Gasteiger partial charge in [0.15, 0.2) is 0 Å². The lowest BCUT2D eigenvalue weighted by Gasteiger charge is -2.05. The summed E-state index contributed by atoms with van der Waals surface area (Å²) in [6.07, 6.45) is 1.26. The first-order chi connectivity index (χ1) is 9.56. The summed E-state index contributed by atoms with van der Waals surface area (Å²) in [7, 11) is 0. The Morgan fingerprint density at radius 1 is 1.00 bits per heavy atom. The number of alkyl halides is 2. The van der Waals surface area contributed by atoms with E-state index in [-0.39, 0.29) is 11.1 Å². The maximum Gasteiger partial charge on any atom is 0.333 e. The van der Waals surface area contributed by atoms with Crippen molar-refractivity contribution in [2.45, 2.75) is 6.55 Å². The van der Waals surface area contributed by atoms with Crippen LogP contribution in [0.4, 0.5) is 17.6 Å². The first-order valence-corrected chi connectivity index (χ1v) is 5.77. The summed E-state index contributed by atoms with van der Waals surface area (Å²) < 4.78 is 52.6. The molecule has 102 valence electrons. The van der Waals surface area contributed by atoms with Crippen molar-refractivity contribution in [2.24, 2.45) is 0 Å². The Balaban J connectivity index is 2.26. The minimum absolute atomic E-state index is 0.210. The SMILES string of the molecule is Fc1cc(F)cc(-c2cccc3c2cnn3C(F)F)c1. The van der Waals surface area contributed by atoms with Gasteiger partial charge in [-0.25, -0.2) is 13.5 Å². The molecule has 0 bridgehead atoms. The average molecular weight is 280 g/mol. The molecule has 0 saturated heterocycles. The second kappa shape index (κ2) is 4.63. The van der Waals surface area contributed by atoms with E-state index in [1.807, 2.05) is 0 Å². The second-order valence-electron chi connectivity index (χ2n) is 4.26. The maximum absolute atomic E-state index is 13.3. The number of benzene rings is 2. The van der Waals surface area contributed by atoms with E-state index in [4.69, 9.17) is 0 Å². The molecule has 1 aromatic heterocycles. The van der Waals surface area contributed by atoms with Crippen molar-refractivity contribution in [1.82, 2.24) is 9.78 Å². The summed E-state index contributed by atoms with van der Waals surface area (Å²) >= 11 is 0. The van der Waals surface area contributed by atoms with E-state index in [2.05, 4.69) is 5.10 Å². The molecular formula is C14H8F4N2. The van der Waals surface area contributed by atoms with Gasteiger partial charge in [0.05, 0.1) is 11.7 Å². The van der Waals surface area contributed by atoms with Gasteiger partial charge in [-0.2, -0.15) is 13.9 Å². The van der Waals surface area contributed by atoms with Crippen LogP contribution < -0.4 is 0 Å². The number of nitrogens with zero attached hydrogens (tertiary/aromatic N) is 2. The van der Waals surface area contributed by atoms with Gasteiger partial charge in [0.25, 0.3) is 0 Å². The summed E-state index contributed by atoms with van der Waals surface area (Å²) in [6, 6.07) is 7.68. The number of rotatable bonds is 2. The highest BCUT2D eigenvalue weighted by Crippen LogP contribution is 2.31. The number of halogens is 4. The van der Waals surface area contributed by atoms with E-state index in [0.717, 1.165) is 18.2 Å². The zero-order valence-electron chi connectivity index (χ0n) is 10.0. The van der Waals surface area contributed by atoms with E-state index in [0.29, 0.717) is 15.6 Å². The van der Waals surface area contributed by atoms with Crippen LogP contribution in [0.25, 0.3) is 22.0 Å². The number of hydrogen-bond acceptors (Lipinski definition) is 1. The fraction of sp³-hybridized carbons (Fsp3) is 0.0714. The molecule has 0 fully saturated rings. The van der Waals surface area contributed by atoms with E-state index in [9.17, 15) is 17.6 Å². The van der Waals surface area contributed by atoms with Crippen molar-refractivity contribution in [3.63, 3.8) is 0 Å². The lowest BCUT2D eigenvalue weighted by atomic mass is 10.0. The predicted molar refractivity (Wildman–Crippen MR) is 66.3 cm³/mol. The molecule has 2 aromatic carbocycles. The third kappa shape index (κ3) is 2.03. The Morgan fingerprint density at radius 3 is 2.35 bits per heavy atom. The van der Waals surface area contributed by atoms with E-state index < -0.39 is 18.2 Å². The highest BCUT2D eigenvalue weighted by Gasteiger charge is 2.14. The van der Waals surface area contributed by atoms with Crippen LogP contribution >= 0.6 is 0 Å². The minimum Gasteiger partial charge on any atom is -0.207 e. The van der Waals surface area contributed by atoms with Gasteiger partial charge < -0.3 is 0 Å². The zero-order chi connectivity index (χ0) is 14.3. The lowest BCUT2D eigenvalue weighted by Crippen LogP contribution is -1.99. The molecule has 0 N–H and O–H groups in total. The van der Waals surface area contributed by atoms with Crippen LogP contribution in [0, 0.1) is 11.6 Å². The Hall–Kier alpha value is -2.37. The molecule has 20 heavy (non-hydrogen) atoms. The van der Waals surface area contributed by atoms with Gasteiger partial charge >= 0.3 is 6.55 Å². The zero-order valence-corrected chi connectivity index (χ0v) is 10.0. The molecular weight excluding hydrogens is 272 g/mol. The molecule has 1 heterocycles. The Labute approximate surface area is 111 Å². The molecule has 0 aliphatic rings. The first-order valence-electron chi connectivity index (χ1n) is 5.77. The topological polar surface area (TPSA) is 17.8 Å². The largest absolute Gasteiger partial charge is 0.333 e. The van der Waals surface area contributed by atoms with Crippen LogP contribution in [0.5, 0.6) is 0 Å². The summed E-state index contributed by atoms with van der Waals surface area (Å²) in [5, 5.41) is 4.02. The molecule has 0 saturated carbocycles. The molecule has 2 nitrogen and oxygen atoms in total. The molecule has 3 rings (SSSR count). The highest BCUT2D eigenvalue weighted by molar-refractivity contribution is 5.94. The van der Waals surface area contributed by atoms with Gasteiger partial charge in [0.2, 0.25) is 0 Å². The third-order valence-electron chi connectivity index (χ3n) is 3.00. The Bertz CT molecular complexity index is 760. The van der Waals surface area contributed by atoms with Gasteiger partial charge in [-0.1, -0.05) is 12.1 Å². The second-order valence-corrected chi connectivity index (χ2v) is 4.26. The molecule has 0 spiro atoms. The Kier molecular flexibility index (Phi) is 2.93. The fourth-order valence-corrected chi connectivity index (χ4v) is 2.19. The van der Waals surface area contributed by atoms with Gasteiger partial charge in [-0.3, -0.25) is 0 Å². The lowest BCUT2D eigenvalue weighted by molar-refractivity contribution is 0.0615. The average Bonchev–Trinajstić information content (AvgIpc) is 2.81. The van der Waals surface area contributed by atoms with E-state index in [1.165, 1.54) is 12.3 Å². The Morgan fingerprint density at radius 2 is 1.70 bits per heavy atom. The van der Waals surface area contributed by atoms with Crippen LogP contribution in [0.15, 0.2) is 42.6 Å². The quantitative estimate of drug-likeness (QED) is 0.637. The van der Waals surface area contributed by atoms with Crippen LogP contribution in [-0.4, -0.2) is 9.78 Å². The van der Waals surface area contributed by atoms with Crippen molar-refractivity contribution >= 4 is 10.9 Å². The van der Waals surface area contributed by atoms with Gasteiger partial charge in [-0.05, 0) is 29.3 Å². The fourth-order valence-electron chi connectivity index (χ4n) is 2.19. The van der Waals surface area contributed by atoms with Gasteiger partial charge in [-0.15, -0.1) is 0 Å². The molecule has 3 aromatic rings. The van der Waals surface area contributed by atoms with Crippen LogP contribution in [0.1, 0.15) is 6.55 Å². The van der Waals surface area contributed by atoms with E-state index >= 15 is 0 Å². The monoisotopic (exact) mass is 280 g/mol. The number of fused-ring (bicyclic) bond motifs is 1. The summed E-state index contributed by atoms with van der Waals surface area (Å²) in [5.74, 6) is -1.45. The van der Waals surface area contributed by atoms with Gasteiger partial charge in [0, 0.05) is 11.5 Å². The minimum atomic E-state index is -2.77. The van der Waals surface area contributed by atoms with Crippen LogP contribution in [0.2, 0.25) is 0 Å². The summed E-state index contributed by atoms with van der Waals surface area (Å²) in [4.78, 5) is 0. The third-order valence-corrected chi connectivity index (χ3v) is 3.00. The van der Waals surface area contributed by atoms with Crippen molar-refractivity contribution in [1.29, 1.82) is 0 Å². The maximum atomic E-state index is 13.3. The molecule has 0 amide bonds. The molecule has 0 atom stereocenters. The highest BCUT2D eigenvalue weighted by atomic mass is 19.3. The first kappa shape index (κ1) is 12.7. The van der Waals surface area contributed by atoms with Crippen molar-refractivity contribution in [2.75, 3.05) is 0 Å². The molecule has 6 heteroatoms. The molecule has 0 radical (unpaired) electrons. The summed E-state index contributed by atoms with van der Waals surface area (Å²) in [6.45, 7) is -2.77. The standard InChI is InChI=1S/C14H8F4N2/c15-9-4-8(5-10(16)6-9)11-2-1-3-13-12(11)7-19-20(13)14(17)18/h1-7,14H. The van der Waals surface area contributed by atoms with Crippen molar-refractivity contribution in [3.8, 4) is 11.1 Å². The predicted octanol–water partition coefficient (Wildman–Crippen LogP) is 4.38. The smallest absolute Gasteiger partial charge is 0.207 e. The molecule has 0 aliphatic heterocycles. The number of aromatic nitrogens is 2. The van der Waals surface area contributed by atoms with Crippen molar-refractivity contribution in [3.05, 3.63) is 54.2 Å². The number of hydrogen-bond donors (Lipinski definition) is 0. The molecule has 0 aliphatic carbocycles. The molecule has 0 unspecified atom stereocenters. The van der Waals surface area contributed by atoms with Crippen molar-refractivity contribution < 1.29 is 17.6 Å². The van der Waals surface area contributed by atoms with Gasteiger partial charge in [0.1, 0.15) is 11.6 Å². The van der Waals surface area contributed by atoms with Crippen LogP contribution in [-0.2, 0) is 0 Å².